The zero-order chi connectivity index (χ0) is 27.7. The van der Waals surface area contributed by atoms with E-state index < -0.39 is 11.6 Å². The van der Waals surface area contributed by atoms with Crippen LogP contribution < -0.4 is 4.90 Å². The van der Waals surface area contributed by atoms with Crippen LogP contribution in [0.1, 0.15) is 43.7 Å². The Morgan fingerprint density at radius 2 is 1.74 bits per heavy atom. The lowest BCUT2D eigenvalue weighted by Crippen LogP contribution is -2.67. The number of amides is 2. The number of halogens is 1. The number of piperazine rings is 1. The molecule has 0 radical (unpaired) electrons. The highest BCUT2D eigenvalue weighted by molar-refractivity contribution is 6.04. The third-order valence-electron chi connectivity index (χ3n) is 7.74. The second kappa shape index (κ2) is 10.5. The molecule has 1 aliphatic rings. The van der Waals surface area contributed by atoms with Gasteiger partial charge in [-0.1, -0.05) is 51.1 Å². The molecule has 2 aromatic carbocycles. The van der Waals surface area contributed by atoms with Gasteiger partial charge in [0, 0.05) is 44.5 Å². The molecule has 1 aromatic heterocycles. The Balaban J connectivity index is 1.45. The van der Waals surface area contributed by atoms with Gasteiger partial charge in [0.25, 0.3) is 5.91 Å². The van der Waals surface area contributed by atoms with Crippen LogP contribution in [0.4, 0.5) is 14.9 Å². The molecule has 38 heavy (non-hydrogen) atoms. The van der Waals surface area contributed by atoms with Crippen molar-refractivity contribution in [2.45, 2.75) is 39.8 Å². The Labute approximate surface area is 223 Å². The van der Waals surface area contributed by atoms with Crippen LogP contribution in [0.2, 0.25) is 0 Å². The van der Waals surface area contributed by atoms with Gasteiger partial charge in [-0.2, -0.15) is 0 Å². The van der Waals surface area contributed by atoms with E-state index in [9.17, 15) is 19.1 Å². The fourth-order valence-corrected chi connectivity index (χ4v) is 4.91. The first-order valence-electron chi connectivity index (χ1n) is 12.7. The molecule has 0 bridgehead atoms. The lowest BCUT2D eigenvalue weighted by Gasteiger charge is -2.54. The van der Waals surface area contributed by atoms with Crippen LogP contribution >= 0.6 is 0 Å². The first-order chi connectivity index (χ1) is 17.9. The van der Waals surface area contributed by atoms with Crippen molar-refractivity contribution in [3.8, 4) is 11.3 Å². The van der Waals surface area contributed by atoms with Gasteiger partial charge in [0.2, 0.25) is 0 Å². The molecule has 2 amide bonds. The maximum absolute atomic E-state index is 13.6. The summed E-state index contributed by atoms with van der Waals surface area (Å²) in [4.78, 5) is 35.0. The van der Waals surface area contributed by atoms with Gasteiger partial charge in [-0.05, 0) is 54.3 Å². The van der Waals surface area contributed by atoms with Crippen molar-refractivity contribution in [1.82, 2.24) is 14.8 Å². The van der Waals surface area contributed by atoms with Gasteiger partial charge >= 0.3 is 6.09 Å². The van der Waals surface area contributed by atoms with Crippen molar-refractivity contribution < 1.29 is 19.1 Å². The van der Waals surface area contributed by atoms with Crippen LogP contribution in [-0.4, -0.2) is 64.1 Å². The predicted molar refractivity (Wildman–Crippen MR) is 147 cm³/mol. The molecule has 1 N–H and O–H groups in total. The molecule has 0 unspecified atom stereocenters. The van der Waals surface area contributed by atoms with Crippen molar-refractivity contribution in [1.29, 1.82) is 0 Å². The van der Waals surface area contributed by atoms with Crippen LogP contribution in [-0.2, 0) is 6.54 Å². The Morgan fingerprint density at radius 3 is 2.37 bits per heavy atom. The molecule has 3 aromatic rings. The fourth-order valence-electron chi connectivity index (χ4n) is 4.91. The minimum absolute atomic E-state index is 0.225. The van der Waals surface area contributed by atoms with E-state index in [1.54, 1.807) is 47.2 Å². The zero-order valence-corrected chi connectivity index (χ0v) is 22.6. The second-order valence-electron chi connectivity index (χ2n) is 11.1. The van der Waals surface area contributed by atoms with Crippen LogP contribution in [0.3, 0.4) is 0 Å². The standard InChI is InChI=1S/C30H35FN4O3/c1-29(2,3)30(4)20-34(16-17-35(30)28(37)38)19-21-12-14-24(15-13-21)33(5)27(36)26-11-7-10-25(32-26)22-8-6-9-23(31)18-22/h6-15,18H,16-17,19-20H2,1-5H3,(H,37,38)/t30-/m1/s1. The lowest BCUT2D eigenvalue weighted by molar-refractivity contribution is -0.0462. The van der Waals surface area contributed by atoms with Gasteiger partial charge in [-0.15, -0.1) is 0 Å². The average molecular weight is 519 g/mol. The van der Waals surface area contributed by atoms with E-state index in [0.717, 1.165) is 11.3 Å². The number of hydrogen-bond acceptors (Lipinski definition) is 4. The Hall–Kier alpha value is -3.78. The summed E-state index contributed by atoms with van der Waals surface area (Å²) in [5, 5.41) is 9.76. The van der Waals surface area contributed by atoms with Crippen LogP contribution in [0.5, 0.6) is 0 Å². The number of carbonyl (C=O) groups is 2. The Morgan fingerprint density at radius 1 is 1.05 bits per heavy atom. The van der Waals surface area contributed by atoms with Crippen molar-refractivity contribution in [3.05, 3.63) is 83.8 Å². The third kappa shape index (κ3) is 5.55. The molecule has 1 saturated heterocycles. The molecule has 1 fully saturated rings. The highest BCUT2D eigenvalue weighted by Crippen LogP contribution is 2.38. The van der Waals surface area contributed by atoms with E-state index in [1.165, 1.54) is 12.1 Å². The van der Waals surface area contributed by atoms with E-state index >= 15 is 0 Å². The molecule has 1 atom stereocenters. The fraction of sp³-hybridized carbons (Fsp3) is 0.367. The minimum Gasteiger partial charge on any atom is -0.465 e. The molecular weight excluding hydrogens is 483 g/mol. The van der Waals surface area contributed by atoms with Gasteiger partial charge in [-0.25, -0.2) is 14.2 Å². The number of pyridine rings is 1. The Bertz CT molecular complexity index is 1320. The van der Waals surface area contributed by atoms with E-state index in [-0.39, 0.29) is 22.8 Å². The quantitative estimate of drug-likeness (QED) is 0.464. The van der Waals surface area contributed by atoms with Gasteiger partial charge in [0.1, 0.15) is 11.5 Å². The molecule has 0 saturated carbocycles. The molecule has 4 rings (SSSR count). The highest BCUT2D eigenvalue weighted by Gasteiger charge is 2.48. The summed E-state index contributed by atoms with van der Waals surface area (Å²) < 4.78 is 13.6. The van der Waals surface area contributed by atoms with E-state index in [1.807, 2.05) is 31.2 Å². The number of carboxylic acid groups (broad SMARTS) is 1. The van der Waals surface area contributed by atoms with E-state index in [0.29, 0.717) is 37.4 Å². The lowest BCUT2D eigenvalue weighted by atomic mass is 9.72. The summed E-state index contributed by atoms with van der Waals surface area (Å²) in [6, 6.07) is 19.1. The molecule has 0 spiro atoms. The van der Waals surface area contributed by atoms with Gasteiger partial charge in [0.15, 0.2) is 0 Å². The number of anilines is 1. The van der Waals surface area contributed by atoms with Crippen LogP contribution in [0, 0.1) is 11.2 Å². The first kappa shape index (κ1) is 27.3. The SMILES string of the molecule is CN(C(=O)c1cccc(-c2cccc(F)c2)n1)c1ccc(CN2CCN(C(=O)O)[C@@](C)(C(C)(C)C)C2)cc1. The normalized spacial score (nSPS) is 18.3. The second-order valence-corrected chi connectivity index (χ2v) is 11.1. The number of carbonyl (C=O) groups excluding carboxylic acids is 1. The largest absolute Gasteiger partial charge is 0.465 e. The summed E-state index contributed by atoms with van der Waals surface area (Å²) in [5.41, 5.74) is 2.49. The minimum atomic E-state index is -0.880. The molecule has 7 nitrogen and oxygen atoms in total. The summed E-state index contributed by atoms with van der Waals surface area (Å²) >= 11 is 0. The average Bonchev–Trinajstić information content (AvgIpc) is 2.87. The maximum Gasteiger partial charge on any atom is 0.407 e. The zero-order valence-electron chi connectivity index (χ0n) is 22.6. The first-order valence-corrected chi connectivity index (χ1v) is 12.7. The maximum atomic E-state index is 13.6. The Kier molecular flexibility index (Phi) is 7.56. The number of benzene rings is 2. The summed E-state index contributed by atoms with van der Waals surface area (Å²) in [6.45, 7) is 10.7. The van der Waals surface area contributed by atoms with Crippen LogP contribution in [0.15, 0.2) is 66.7 Å². The molecule has 2 heterocycles. The van der Waals surface area contributed by atoms with Crippen molar-refractivity contribution >= 4 is 17.7 Å². The molecule has 200 valence electrons. The summed E-state index contributed by atoms with van der Waals surface area (Å²) in [7, 11) is 1.70. The van der Waals surface area contributed by atoms with Crippen molar-refractivity contribution in [2.24, 2.45) is 5.41 Å². The van der Waals surface area contributed by atoms with Crippen molar-refractivity contribution in [3.63, 3.8) is 0 Å². The van der Waals surface area contributed by atoms with Crippen LogP contribution in [0.25, 0.3) is 11.3 Å². The molecular formula is C30H35FN4O3. The molecule has 8 heteroatoms. The molecule has 0 aliphatic carbocycles. The highest BCUT2D eigenvalue weighted by atomic mass is 19.1. The summed E-state index contributed by atoms with van der Waals surface area (Å²) in [6.07, 6.45) is -0.880. The van der Waals surface area contributed by atoms with Gasteiger partial charge < -0.3 is 10.0 Å². The number of nitrogens with zero attached hydrogens (tertiary/aromatic N) is 4. The number of aromatic nitrogens is 1. The van der Waals surface area contributed by atoms with Crippen molar-refractivity contribution in [2.75, 3.05) is 31.6 Å². The number of rotatable bonds is 5. The number of hydrogen-bond donors (Lipinski definition) is 1. The topological polar surface area (TPSA) is 77.0 Å². The molecule has 1 aliphatic heterocycles. The monoisotopic (exact) mass is 518 g/mol. The van der Waals surface area contributed by atoms with E-state index in [4.69, 9.17) is 0 Å². The predicted octanol–water partition coefficient (Wildman–Crippen LogP) is 5.76. The smallest absolute Gasteiger partial charge is 0.407 e. The van der Waals surface area contributed by atoms with Gasteiger partial charge in [0.05, 0.1) is 11.2 Å². The summed E-state index contributed by atoms with van der Waals surface area (Å²) in [5.74, 6) is -0.619. The van der Waals surface area contributed by atoms with Gasteiger partial charge in [-0.3, -0.25) is 14.6 Å². The van der Waals surface area contributed by atoms with E-state index in [2.05, 4.69) is 30.7 Å². The third-order valence-corrected chi connectivity index (χ3v) is 7.74.